The molecule has 1 spiro atoms. The van der Waals surface area contributed by atoms with Gasteiger partial charge in [0, 0.05) is 23.7 Å². The zero-order valence-electron chi connectivity index (χ0n) is 19.2. The van der Waals surface area contributed by atoms with Crippen LogP contribution in [0.4, 0.5) is 0 Å². The highest BCUT2D eigenvalue weighted by molar-refractivity contribution is 5.97. The van der Waals surface area contributed by atoms with E-state index in [9.17, 15) is 19.6 Å². The third-order valence-electron chi connectivity index (χ3n) is 7.38. The average molecular weight is 440 g/mol. The van der Waals surface area contributed by atoms with Gasteiger partial charge in [0.1, 0.15) is 17.8 Å². The van der Waals surface area contributed by atoms with Gasteiger partial charge in [-0.2, -0.15) is 5.26 Å². The molecule has 2 aliphatic heterocycles. The van der Waals surface area contributed by atoms with E-state index in [2.05, 4.69) is 21.7 Å². The van der Waals surface area contributed by atoms with E-state index in [1.165, 1.54) is 0 Å². The number of aryl methyl sites for hydroxylation is 1. The van der Waals surface area contributed by atoms with E-state index in [1.807, 2.05) is 26.8 Å². The van der Waals surface area contributed by atoms with Crippen molar-refractivity contribution in [3.05, 3.63) is 23.5 Å². The summed E-state index contributed by atoms with van der Waals surface area (Å²) in [6, 6.07) is 4.39. The van der Waals surface area contributed by atoms with Crippen molar-refractivity contribution in [3.63, 3.8) is 0 Å². The van der Waals surface area contributed by atoms with Gasteiger partial charge in [-0.25, -0.2) is 0 Å². The molecule has 3 unspecified atom stereocenters. The van der Waals surface area contributed by atoms with Gasteiger partial charge in [0.05, 0.1) is 6.07 Å². The highest BCUT2D eigenvalue weighted by atomic mass is 16.2. The smallest absolute Gasteiger partial charge is 0.270 e. The summed E-state index contributed by atoms with van der Waals surface area (Å²) in [5.41, 5.74) is 1.06. The number of hydrogen-bond donors (Lipinski definition) is 3. The molecule has 3 heterocycles. The lowest BCUT2D eigenvalue weighted by Crippen LogP contribution is -2.49. The largest absolute Gasteiger partial charge is 0.355 e. The van der Waals surface area contributed by atoms with Gasteiger partial charge >= 0.3 is 0 Å². The van der Waals surface area contributed by atoms with Gasteiger partial charge in [0.2, 0.25) is 11.8 Å². The Morgan fingerprint density at radius 2 is 2.00 bits per heavy atom. The Balaban J connectivity index is 1.48. The van der Waals surface area contributed by atoms with E-state index >= 15 is 0 Å². The zero-order valence-corrected chi connectivity index (χ0v) is 19.2. The molecule has 1 saturated carbocycles. The Morgan fingerprint density at radius 3 is 2.56 bits per heavy atom. The molecule has 0 radical (unpaired) electrons. The van der Waals surface area contributed by atoms with Crippen LogP contribution < -0.4 is 10.6 Å². The van der Waals surface area contributed by atoms with Crippen LogP contribution in [-0.2, 0) is 9.59 Å². The molecule has 3 N–H and O–H groups in total. The van der Waals surface area contributed by atoms with E-state index in [1.54, 1.807) is 11.0 Å². The molecule has 8 heteroatoms. The lowest BCUT2D eigenvalue weighted by Gasteiger charge is -2.25. The maximum absolute atomic E-state index is 13.3. The Kier molecular flexibility index (Phi) is 5.78. The quantitative estimate of drug-likeness (QED) is 0.653. The summed E-state index contributed by atoms with van der Waals surface area (Å²) in [5.74, 6) is -0.851. The van der Waals surface area contributed by atoms with Crippen LogP contribution in [0.2, 0.25) is 0 Å². The summed E-state index contributed by atoms with van der Waals surface area (Å²) in [5, 5.41) is 15.5. The molecule has 3 amide bonds. The maximum Gasteiger partial charge on any atom is 0.270 e. The molecule has 8 nitrogen and oxygen atoms in total. The Hall–Kier alpha value is -2.82. The number of aromatic amines is 1. The molecule has 1 aromatic heterocycles. The summed E-state index contributed by atoms with van der Waals surface area (Å²) in [7, 11) is 0. The fraction of sp³-hybridized carbons (Fsp3) is 0.667. The molecule has 3 fully saturated rings. The van der Waals surface area contributed by atoms with Crippen molar-refractivity contribution < 1.29 is 14.4 Å². The normalized spacial score (nSPS) is 26.7. The van der Waals surface area contributed by atoms with Crippen molar-refractivity contribution in [2.24, 2.45) is 11.3 Å². The third kappa shape index (κ3) is 4.38. The second kappa shape index (κ2) is 8.27. The number of aromatic nitrogens is 1. The molecule has 4 rings (SSSR count). The van der Waals surface area contributed by atoms with Gasteiger partial charge in [-0.1, -0.05) is 12.8 Å². The molecule has 1 aliphatic carbocycles. The van der Waals surface area contributed by atoms with Gasteiger partial charge in [0.15, 0.2) is 0 Å². The Bertz CT molecular complexity index is 953. The van der Waals surface area contributed by atoms with E-state index in [0.29, 0.717) is 25.1 Å². The van der Waals surface area contributed by atoms with Crippen LogP contribution in [0.1, 0.15) is 75.0 Å². The number of nitrogens with one attached hydrogen (secondary N) is 3. The summed E-state index contributed by atoms with van der Waals surface area (Å²) in [6.45, 7) is 6.37. The number of carbonyl (C=O) groups is 3. The molecule has 3 aliphatic rings. The molecule has 2 saturated heterocycles. The summed E-state index contributed by atoms with van der Waals surface area (Å²) in [4.78, 5) is 43.6. The number of rotatable bonds is 5. The molecule has 0 aromatic carbocycles. The predicted molar refractivity (Wildman–Crippen MR) is 118 cm³/mol. The summed E-state index contributed by atoms with van der Waals surface area (Å²) < 4.78 is 0. The first-order valence-electron chi connectivity index (χ1n) is 11.6. The van der Waals surface area contributed by atoms with Crippen LogP contribution in [0.5, 0.6) is 0 Å². The first kappa shape index (κ1) is 22.4. The van der Waals surface area contributed by atoms with Crippen LogP contribution in [0.3, 0.4) is 0 Å². The van der Waals surface area contributed by atoms with Gasteiger partial charge < -0.3 is 20.5 Å². The fourth-order valence-corrected chi connectivity index (χ4v) is 5.86. The van der Waals surface area contributed by atoms with Crippen LogP contribution in [0.25, 0.3) is 0 Å². The number of nitrogens with zero attached hydrogens (tertiary/aromatic N) is 2. The SMILES string of the molecule is Cc1ccc(C(=O)N2CC3(CCCC3)CC2C(=O)NC(C#N)CC2CC(C)(C)NC2=O)[nH]1. The molecular formula is C24H33N5O3. The number of H-pyrrole nitrogens is 1. The minimum atomic E-state index is -0.767. The molecule has 0 bridgehead atoms. The van der Waals surface area contributed by atoms with Gasteiger partial charge in [-0.15, -0.1) is 0 Å². The number of nitriles is 1. The van der Waals surface area contributed by atoms with Crippen LogP contribution >= 0.6 is 0 Å². The minimum Gasteiger partial charge on any atom is -0.355 e. The highest BCUT2D eigenvalue weighted by Crippen LogP contribution is 2.48. The van der Waals surface area contributed by atoms with Crippen molar-refractivity contribution in [1.82, 2.24) is 20.5 Å². The van der Waals surface area contributed by atoms with Crippen LogP contribution in [0.15, 0.2) is 12.1 Å². The minimum absolute atomic E-state index is 0.0171. The van der Waals surface area contributed by atoms with Crippen molar-refractivity contribution in [1.29, 1.82) is 5.26 Å². The van der Waals surface area contributed by atoms with E-state index in [4.69, 9.17) is 0 Å². The van der Waals surface area contributed by atoms with Crippen molar-refractivity contribution in [2.45, 2.75) is 83.3 Å². The molecule has 1 aromatic rings. The number of amides is 3. The first-order chi connectivity index (χ1) is 15.1. The Morgan fingerprint density at radius 1 is 1.28 bits per heavy atom. The fourth-order valence-electron chi connectivity index (χ4n) is 5.86. The molecule has 172 valence electrons. The first-order valence-corrected chi connectivity index (χ1v) is 11.6. The van der Waals surface area contributed by atoms with E-state index in [-0.39, 0.29) is 41.0 Å². The third-order valence-corrected chi connectivity index (χ3v) is 7.38. The lowest BCUT2D eigenvalue weighted by molar-refractivity contribution is -0.126. The maximum atomic E-state index is 13.3. The standard InChI is InChI=1S/C24H33N5O3/c1-15-6-7-18(26-15)22(32)29-14-24(8-4-5-9-24)12-19(29)21(31)27-17(13-25)10-16-11-23(2,3)28-20(16)30/h6-7,16-17,19,26H,4-5,8-12,14H2,1-3H3,(H,27,31)(H,28,30). The Labute approximate surface area is 189 Å². The molecule has 32 heavy (non-hydrogen) atoms. The van der Waals surface area contributed by atoms with Crippen molar-refractivity contribution in [2.75, 3.05) is 6.54 Å². The van der Waals surface area contributed by atoms with Gasteiger partial charge in [-0.3, -0.25) is 14.4 Å². The number of carbonyl (C=O) groups excluding carboxylic acids is 3. The number of hydrogen-bond acceptors (Lipinski definition) is 4. The monoisotopic (exact) mass is 439 g/mol. The molecule has 3 atom stereocenters. The summed E-state index contributed by atoms with van der Waals surface area (Å²) in [6.07, 6.45) is 5.80. The van der Waals surface area contributed by atoms with E-state index in [0.717, 1.165) is 31.4 Å². The predicted octanol–water partition coefficient (Wildman–Crippen LogP) is 2.41. The van der Waals surface area contributed by atoms with E-state index < -0.39 is 12.1 Å². The second-order valence-electron chi connectivity index (χ2n) is 10.6. The van der Waals surface area contributed by atoms with Crippen LogP contribution in [0, 0.1) is 29.6 Å². The number of likely N-dealkylation sites (tertiary alicyclic amines) is 1. The second-order valence-corrected chi connectivity index (χ2v) is 10.6. The topological polar surface area (TPSA) is 118 Å². The zero-order chi connectivity index (χ0) is 23.1. The molecular weight excluding hydrogens is 406 g/mol. The van der Waals surface area contributed by atoms with Crippen molar-refractivity contribution >= 4 is 17.7 Å². The van der Waals surface area contributed by atoms with Gasteiger partial charge in [-0.05, 0) is 70.4 Å². The van der Waals surface area contributed by atoms with Crippen LogP contribution in [-0.4, -0.2) is 51.8 Å². The average Bonchev–Trinajstić information content (AvgIpc) is 3.50. The highest BCUT2D eigenvalue weighted by Gasteiger charge is 2.50. The lowest BCUT2D eigenvalue weighted by atomic mass is 9.83. The van der Waals surface area contributed by atoms with Gasteiger partial charge in [0.25, 0.3) is 5.91 Å². The van der Waals surface area contributed by atoms with Crippen molar-refractivity contribution in [3.8, 4) is 6.07 Å². The summed E-state index contributed by atoms with van der Waals surface area (Å²) >= 11 is 0.